The third-order valence-electron chi connectivity index (χ3n) is 4.92. The Hall–Kier alpha value is -2.64. The van der Waals surface area contributed by atoms with Crippen LogP contribution in [-0.4, -0.2) is 41.5 Å². The summed E-state index contributed by atoms with van der Waals surface area (Å²) in [4.78, 5) is 28.0. The van der Waals surface area contributed by atoms with E-state index in [-0.39, 0.29) is 17.3 Å². The van der Waals surface area contributed by atoms with Gasteiger partial charge in [-0.1, -0.05) is 0 Å². The van der Waals surface area contributed by atoms with Crippen molar-refractivity contribution >= 4 is 22.8 Å². The standard InChI is InChI=1S/C18H22F2N4O2/c1-10-13(14-7-12(19)8-15(20)16(14)23-10)4-5-22-17(25)11-3-2-6-24(9-11)18(21)26/h7-8,11,23H,2-6,9H2,1H3,(H2,21,26)(H,22,25)/t11-/m0/s1. The normalized spacial score (nSPS) is 17.5. The summed E-state index contributed by atoms with van der Waals surface area (Å²) in [5.41, 5.74) is 7.08. The topological polar surface area (TPSA) is 91.2 Å². The van der Waals surface area contributed by atoms with Gasteiger partial charge in [-0.3, -0.25) is 4.79 Å². The molecule has 1 aliphatic heterocycles. The van der Waals surface area contributed by atoms with Gasteiger partial charge in [-0.2, -0.15) is 0 Å². The number of aryl methyl sites for hydroxylation is 1. The number of nitrogens with one attached hydrogen (secondary N) is 2. The maximum absolute atomic E-state index is 13.9. The number of benzene rings is 1. The number of piperidine rings is 1. The summed E-state index contributed by atoms with van der Waals surface area (Å²) in [5.74, 6) is -1.68. The second-order valence-electron chi connectivity index (χ2n) is 6.70. The molecule has 8 heteroatoms. The second-order valence-corrected chi connectivity index (χ2v) is 6.70. The molecule has 1 saturated heterocycles. The van der Waals surface area contributed by atoms with Gasteiger partial charge in [0.1, 0.15) is 11.6 Å². The van der Waals surface area contributed by atoms with Gasteiger partial charge in [0.2, 0.25) is 5.91 Å². The van der Waals surface area contributed by atoms with Crippen molar-refractivity contribution in [1.82, 2.24) is 15.2 Å². The smallest absolute Gasteiger partial charge is 0.314 e. The summed E-state index contributed by atoms with van der Waals surface area (Å²) >= 11 is 0. The molecule has 140 valence electrons. The summed E-state index contributed by atoms with van der Waals surface area (Å²) in [6.07, 6.45) is 1.89. The lowest BCUT2D eigenvalue weighted by Crippen LogP contribution is -2.47. The van der Waals surface area contributed by atoms with Gasteiger partial charge in [0.05, 0.1) is 11.4 Å². The van der Waals surface area contributed by atoms with Crippen LogP contribution in [0.2, 0.25) is 0 Å². The molecule has 0 radical (unpaired) electrons. The van der Waals surface area contributed by atoms with Crippen LogP contribution in [0.15, 0.2) is 12.1 Å². The Morgan fingerprint density at radius 3 is 2.88 bits per heavy atom. The Labute approximate surface area is 149 Å². The number of fused-ring (bicyclic) bond motifs is 1. The van der Waals surface area contributed by atoms with E-state index in [9.17, 15) is 18.4 Å². The number of carbonyl (C=O) groups is 2. The lowest BCUT2D eigenvalue weighted by molar-refractivity contribution is -0.126. The van der Waals surface area contributed by atoms with E-state index in [0.29, 0.717) is 37.9 Å². The minimum absolute atomic E-state index is 0.134. The summed E-state index contributed by atoms with van der Waals surface area (Å²) in [6.45, 7) is 3.03. The number of hydrogen-bond acceptors (Lipinski definition) is 2. The molecule has 1 aromatic carbocycles. The molecular weight excluding hydrogens is 342 g/mol. The molecule has 3 amide bonds. The molecule has 0 bridgehead atoms. The van der Waals surface area contributed by atoms with Crippen LogP contribution in [0.3, 0.4) is 0 Å². The summed E-state index contributed by atoms with van der Waals surface area (Å²) in [6, 6.07) is 1.63. The number of H-pyrrole nitrogens is 1. The van der Waals surface area contributed by atoms with Crippen LogP contribution in [0.4, 0.5) is 13.6 Å². The molecule has 1 fully saturated rings. The molecule has 3 rings (SSSR count). The van der Waals surface area contributed by atoms with Gasteiger partial charge >= 0.3 is 6.03 Å². The zero-order valence-electron chi connectivity index (χ0n) is 14.6. The number of nitrogens with two attached hydrogens (primary N) is 1. The van der Waals surface area contributed by atoms with Gasteiger partial charge < -0.3 is 20.9 Å². The Morgan fingerprint density at radius 1 is 1.38 bits per heavy atom. The molecule has 0 spiro atoms. The van der Waals surface area contributed by atoms with Crippen LogP contribution < -0.4 is 11.1 Å². The van der Waals surface area contributed by atoms with Crippen LogP contribution in [0.25, 0.3) is 10.9 Å². The second kappa shape index (κ2) is 7.31. The molecule has 2 heterocycles. The van der Waals surface area contributed by atoms with Crippen molar-refractivity contribution in [3.8, 4) is 0 Å². The van der Waals surface area contributed by atoms with Crippen LogP contribution in [0, 0.1) is 24.5 Å². The number of likely N-dealkylation sites (tertiary alicyclic amines) is 1. The van der Waals surface area contributed by atoms with Crippen molar-refractivity contribution in [3.63, 3.8) is 0 Å². The fourth-order valence-electron chi connectivity index (χ4n) is 3.57. The number of nitrogens with zero attached hydrogens (tertiary/aromatic N) is 1. The van der Waals surface area contributed by atoms with Crippen molar-refractivity contribution in [2.45, 2.75) is 26.2 Å². The first-order chi connectivity index (χ1) is 12.4. The third kappa shape index (κ3) is 3.63. The minimum atomic E-state index is -0.632. The van der Waals surface area contributed by atoms with E-state index in [4.69, 9.17) is 5.73 Å². The van der Waals surface area contributed by atoms with E-state index in [1.54, 1.807) is 6.92 Å². The number of rotatable bonds is 4. The highest BCUT2D eigenvalue weighted by Crippen LogP contribution is 2.26. The highest BCUT2D eigenvalue weighted by Gasteiger charge is 2.27. The summed E-state index contributed by atoms with van der Waals surface area (Å²) in [5, 5.41) is 3.34. The predicted octanol–water partition coefficient (Wildman–Crippen LogP) is 2.20. The fourth-order valence-corrected chi connectivity index (χ4v) is 3.57. The molecule has 1 aliphatic rings. The molecule has 6 nitrogen and oxygen atoms in total. The zero-order chi connectivity index (χ0) is 18.8. The monoisotopic (exact) mass is 364 g/mol. The molecule has 26 heavy (non-hydrogen) atoms. The van der Waals surface area contributed by atoms with Gasteiger partial charge in [-0.25, -0.2) is 13.6 Å². The highest BCUT2D eigenvalue weighted by molar-refractivity contribution is 5.85. The predicted molar refractivity (Wildman–Crippen MR) is 93.5 cm³/mol. The van der Waals surface area contributed by atoms with Crippen LogP contribution in [0.5, 0.6) is 0 Å². The molecule has 1 aromatic heterocycles. The van der Waals surface area contributed by atoms with Gasteiger partial charge in [-0.05, 0) is 37.8 Å². The molecule has 2 aromatic rings. The summed E-state index contributed by atoms with van der Waals surface area (Å²) in [7, 11) is 0. The Kier molecular flexibility index (Phi) is 5.11. The number of aromatic amines is 1. The summed E-state index contributed by atoms with van der Waals surface area (Å²) < 4.78 is 27.4. The van der Waals surface area contributed by atoms with E-state index in [1.165, 1.54) is 11.0 Å². The SMILES string of the molecule is Cc1[nH]c2c(F)cc(F)cc2c1CCNC(=O)[C@H]1CCCN(C(N)=O)C1. The van der Waals surface area contributed by atoms with E-state index in [0.717, 1.165) is 23.7 Å². The van der Waals surface area contributed by atoms with Gasteiger partial charge in [0.25, 0.3) is 0 Å². The van der Waals surface area contributed by atoms with Gasteiger partial charge in [0, 0.05) is 36.8 Å². The third-order valence-corrected chi connectivity index (χ3v) is 4.92. The zero-order valence-corrected chi connectivity index (χ0v) is 14.6. The number of urea groups is 1. The first-order valence-corrected chi connectivity index (χ1v) is 8.65. The lowest BCUT2D eigenvalue weighted by Gasteiger charge is -2.30. The lowest BCUT2D eigenvalue weighted by atomic mass is 9.97. The van der Waals surface area contributed by atoms with Crippen molar-refractivity contribution in [3.05, 3.63) is 35.0 Å². The molecule has 0 saturated carbocycles. The maximum atomic E-state index is 13.9. The van der Waals surface area contributed by atoms with Crippen LogP contribution >= 0.6 is 0 Å². The number of hydrogen-bond donors (Lipinski definition) is 3. The quantitative estimate of drug-likeness (QED) is 0.776. The van der Waals surface area contributed by atoms with Gasteiger partial charge in [-0.15, -0.1) is 0 Å². The maximum Gasteiger partial charge on any atom is 0.314 e. The average Bonchev–Trinajstić information content (AvgIpc) is 2.91. The van der Waals surface area contributed by atoms with E-state index in [2.05, 4.69) is 10.3 Å². The largest absolute Gasteiger partial charge is 0.356 e. The number of aromatic nitrogens is 1. The number of primary amides is 1. The average molecular weight is 364 g/mol. The minimum Gasteiger partial charge on any atom is -0.356 e. The van der Waals surface area contributed by atoms with Crippen molar-refractivity contribution in [2.24, 2.45) is 11.7 Å². The van der Waals surface area contributed by atoms with Crippen LogP contribution in [0.1, 0.15) is 24.1 Å². The van der Waals surface area contributed by atoms with Crippen molar-refractivity contribution in [1.29, 1.82) is 0 Å². The van der Waals surface area contributed by atoms with Crippen LogP contribution in [-0.2, 0) is 11.2 Å². The molecule has 0 unspecified atom stereocenters. The molecule has 0 aliphatic carbocycles. The Bertz CT molecular complexity index is 849. The number of amides is 3. The number of halogens is 2. The molecule has 1 atom stereocenters. The van der Waals surface area contributed by atoms with Crippen molar-refractivity contribution in [2.75, 3.05) is 19.6 Å². The first kappa shape index (κ1) is 18.2. The highest BCUT2D eigenvalue weighted by atomic mass is 19.1. The Morgan fingerprint density at radius 2 is 2.15 bits per heavy atom. The molecule has 4 N–H and O–H groups in total. The van der Waals surface area contributed by atoms with Crippen molar-refractivity contribution < 1.29 is 18.4 Å². The van der Waals surface area contributed by atoms with E-state index in [1.807, 2.05) is 0 Å². The van der Waals surface area contributed by atoms with E-state index >= 15 is 0 Å². The number of carbonyl (C=O) groups excluding carboxylic acids is 2. The first-order valence-electron chi connectivity index (χ1n) is 8.65. The van der Waals surface area contributed by atoms with Gasteiger partial charge in [0.15, 0.2) is 0 Å². The fraction of sp³-hybridized carbons (Fsp3) is 0.444. The molecular formula is C18H22F2N4O2. The Balaban J connectivity index is 1.63. The van der Waals surface area contributed by atoms with E-state index < -0.39 is 17.7 Å².